The van der Waals surface area contributed by atoms with Crippen LogP contribution in [0.3, 0.4) is 0 Å². The molecule has 2 atom stereocenters. The third-order valence-electron chi connectivity index (χ3n) is 4.98. The number of carbonyl (C=O) groups is 4. The van der Waals surface area contributed by atoms with E-state index in [1.807, 2.05) is 20.8 Å². The molecule has 32 heavy (non-hydrogen) atoms. The Morgan fingerprint density at radius 3 is 2.41 bits per heavy atom. The van der Waals surface area contributed by atoms with Gasteiger partial charge in [0.2, 0.25) is 0 Å². The van der Waals surface area contributed by atoms with E-state index in [2.05, 4.69) is 10.1 Å². The number of benzene rings is 1. The average molecular weight is 450 g/mol. The highest BCUT2D eigenvalue weighted by Gasteiger charge is 2.53. The molecule has 0 radical (unpaired) electrons. The lowest BCUT2D eigenvalue weighted by Crippen LogP contribution is -2.71. The lowest BCUT2D eigenvalue weighted by atomic mass is 9.81. The molecule has 1 amide bonds. The van der Waals surface area contributed by atoms with Gasteiger partial charge in [-0.2, -0.15) is 0 Å². The molecule has 0 spiro atoms. The number of nitrogens with two attached hydrogens (primary N) is 1. The van der Waals surface area contributed by atoms with Crippen molar-refractivity contribution >= 4 is 23.6 Å². The molecule has 0 unspecified atom stereocenters. The van der Waals surface area contributed by atoms with E-state index in [0.29, 0.717) is 5.75 Å². The summed E-state index contributed by atoms with van der Waals surface area (Å²) in [6.45, 7) is 5.43. The van der Waals surface area contributed by atoms with Crippen LogP contribution < -0.4 is 15.8 Å². The van der Waals surface area contributed by atoms with E-state index in [0.717, 1.165) is 17.6 Å². The molecule has 4 N–H and O–H groups in total. The maximum Gasteiger partial charge on any atom is 0.323 e. The topological polar surface area (TPSA) is 148 Å². The van der Waals surface area contributed by atoms with Crippen LogP contribution in [0.2, 0.25) is 0 Å². The molecule has 1 aliphatic rings. The van der Waals surface area contributed by atoms with Crippen molar-refractivity contribution in [2.45, 2.75) is 50.8 Å². The zero-order valence-electron chi connectivity index (χ0n) is 18.8. The van der Waals surface area contributed by atoms with Gasteiger partial charge in [-0.15, -0.1) is 0 Å². The number of hydrogen-bond acceptors (Lipinski definition) is 8. The second-order valence-electron chi connectivity index (χ2n) is 8.74. The van der Waals surface area contributed by atoms with Gasteiger partial charge in [-0.25, -0.2) is 0 Å². The van der Waals surface area contributed by atoms with E-state index >= 15 is 0 Å². The molecule has 1 heterocycles. The number of carboxylic acid groups (broad SMARTS) is 1. The van der Waals surface area contributed by atoms with E-state index in [9.17, 15) is 19.2 Å². The number of carboxylic acids is 1. The van der Waals surface area contributed by atoms with Crippen molar-refractivity contribution in [3.8, 4) is 5.75 Å². The maximum absolute atomic E-state index is 13.4. The molecule has 1 aromatic rings. The fourth-order valence-corrected chi connectivity index (χ4v) is 3.58. The normalized spacial score (nSPS) is 19.9. The number of rotatable bonds is 9. The third-order valence-corrected chi connectivity index (χ3v) is 4.98. The summed E-state index contributed by atoms with van der Waals surface area (Å²) in [7, 11) is 1.14. The minimum atomic E-state index is -1.98. The summed E-state index contributed by atoms with van der Waals surface area (Å²) in [5.74, 6) is -2.84. The average Bonchev–Trinajstić information content (AvgIpc) is 2.70. The molecule has 10 heteroatoms. The minimum Gasteiger partial charge on any atom is -0.488 e. The highest BCUT2D eigenvalue weighted by Crippen LogP contribution is 2.24. The predicted molar refractivity (Wildman–Crippen MR) is 115 cm³/mol. The number of Topliss-reactive ketones (excluding diaryl/α,β-unsaturated/α-hetero) is 1. The second-order valence-corrected chi connectivity index (χ2v) is 8.74. The molecule has 1 saturated heterocycles. The quantitative estimate of drug-likeness (QED) is 0.353. The molecular weight excluding hydrogens is 418 g/mol. The molecule has 1 aromatic carbocycles. The zero-order chi connectivity index (χ0) is 24.1. The number of nitrogens with one attached hydrogen (secondary N) is 1. The zero-order valence-corrected chi connectivity index (χ0v) is 18.8. The summed E-state index contributed by atoms with van der Waals surface area (Å²) in [6, 6.07) is 5.96. The molecule has 10 nitrogen and oxygen atoms in total. The van der Waals surface area contributed by atoms with Crippen molar-refractivity contribution in [2.24, 2.45) is 5.73 Å². The van der Waals surface area contributed by atoms with Crippen LogP contribution in [-0.2, 0) is 30.3 Å². The summed E-state index contributed by atoms with van der Waals surface area (Å²) < 4.78 is 10.4. The number of ether oxygens (including phenoxy) is 2. The molecule has 0 bridgehead atoms. The van der Waals surface area contributed by atoms with Gasteiger partial charge in [-0.3, -0.25) is 24.5 Å². The molecule has 1 fully saturated rings. The second kappa shape index (κ2) is 10.1. The molecule has 0 aromatic heterocycles. The SMILES string of the molecule is COC(=O)C[C@@]1(C(=O)[C@@H](N)Cc2ccc(OC(C)(C)C)cc2)NCCN(CC(=O)O)C1=O. The van der Waals surface area contributed by atoms with Crippen molar-refractivity contribution < 1.29 is 33.8 Å². The molecular formula is C22H31N3O7. The van der Waals surface area contributed by atoms with E-state index in [1.54, 1.807) is 24.3 Å². The molecule has 2 rings (SSSR count). The number of esters is 1. The number of carbonyl (C=O) groups excluding carboxylic acids is 3. The Kier molecular flexibility index (Phi) is 7.97. The first-order valence-corrected chi connectivity index (χ1v) is 10.3. The Labute approximate surface area is 187 Å². The van der Waals surface area contributed by atoms with Crippen molar-refractivity contribution in [3.63, 3.8) is 0 Å². The van der Waals surface area contributed by atoms with Crippen LogP contribution in [0.4, 0.5) is 0 Å². The Bertz CT molecular complexity index is 863. The predicted octanol–water partition coefficient (Wildman–Crippen LogP) is 0.121. The first kappa shape index (κ1) is 25.3. The fraction of sp³-hybridized carbons (Fsp3) is 0.545. The van der Waals surface area contributed by atoms with E-state index in [-0.39, 0.29) is 25.1 Å². The molecule has 1 aliphatic heterocycles. The first-order chi connectivity index (χ1) is 14.9. The standard InChI is InChI=1S/C22H31N3O7/c1-21(2,3)32-15-7-5-14(6-8-15)11-16(23)19(29)22(12-18(28)31-4)20(30)25(10-9-24-22)13-17(26)27/h5-8,16,24H,9-13,23H2,1-4H3,(H,26,27)/t16-,22-/m0/s1. The van der Waals surface area contributed by atoms with Gasteiger partial charge in [-0.05, 0) is 44.9 Å². The fourth-order valence-electron chi connectivity index (χ4n) is 3.58. The molecule has 176 valence electrons. The Hall–Kier alpha value is -2.98. The molecule has 0 aliphatic carbocycles. The van der Waals surface area contributed by atoms with Crippen molar-refractivity contribution in [1.82, 2.24) is 10.2 Å². The maximum atomic E-state index is 13.4. The number of aliphatic carboxylic acids is 1. The number of ketones is 1. The smallest absolute Gasteiger partial charge is 0.323 e. The Morgan fingerprint density at radius 2 is 1.88 bits per heavy atom. The van der Waals surface area contributed by atoms with Crippen LogP contribution in [0.25, 0.3) is 0 Å². The summed E-state index contributed by atoms with van der Waals surface area (Å²) in [5.41, 5.74) is 4.58. The van der Waals surface area contributed by atoms with Crippen molar-refractivity contribution in [1.29, 1.82) is 0 Å². The van der Waals surface area contributed by atoms with Crippen LogP contribution in [0, 0.1) is 0 Å². The molecule has 0 saturated carbocycles. The summed E-state index contributed by atoms with van der Waals surface area (Å²) in [6.07, 6.45) is -0.464. The van der Waals surface area contributed by atoms with Crippen molar-refractivity contribution in [2.75, 3.05) is 26.7 Å². The first-order valence-electron chi connectivity index (χ1n) is 10.3. The van der Waals surface area contributed by atoms with Crippen LogP contribution in [-0.4, -0.2) is 77.6 Å². The van der Waals surface area contributed by atoms with Gasteiger partial charge >= 0.3 is 11.9 Å². The van der Waals surface area contributed by atoms with Crippen LogP contribution in [0.1, 0.15) is 32.8 Å². The highest BCUT2D eigenvalue weighted by molar-refractivity contribution is 6.15. The van der Waals surface area contributed by atoms with E-state index in [1.165, 1.54) is 0 Å². The van der Waals surface area contributed by atoms with Gasteiger partial charge in [0, 0.05) is 13.1 Å². The number of methoxy groups -OCH3 is 1. The summed E-state index contributed by atoms with van der Waals surface area (Å²) >= 11 is 0. The van der Waals surface area contributed by atoms with E-state index < -0.39 is 48.2 Å². The van der Waals surface area contributed by atoms with Gasteiger partial charge in [0.25, 0.3) is 5.91 Å². The van der Waals surface area contributed by atoms with Crippen molar-refractivity contribution in [3.05, 3.63) is 29.8 Å². The number of hydrogen-bond donors (Lipinski definition) is 3. The number of piperazine rings is 1. The lowest BCUT2D eigenvalue weighted by Gasteiger charge is -2.41. The minimum absolute atomic E-state index is 0.0891. The number of nitrogens with zero attached hydrogens (tertiary/aromatic N) is 1. The largest absolute Gasteiger partial charge is 0.488 e. The summed E-state index contributed by atoms with van der Waals surface area (Å²) in [5, 5.41) is 11.9. The highest BCUT2D eigenvalue weighted by atomic mass is 16.5. The summed E-state index contributed by atoms with van der Waals surface area (Å²) in [4.78, 5) is 50.7. The van der Waals surface area contributed by atoms with Crippen LogP contribution in [0.15, 0.2) is 24.3 Å². The van der Waals surface area contributed by atoms with Gasteiger partial charge < -0.3 is 25.2 Å². The number of amides is 1. The lowest BCUT2D eigenvalue weighted by molar-refractivity contribution is -0.158. The van der Waals surface area contributed by atoms with Gasteiger partial charge in [0.1, 0.15) is 17.9 Å². The Balaban J connectivity index is 2.24. The van der Waals surface area contributed by atoms with Crippen LogP contribution >= 0.6 is 0 Å². The van der Waals surface area contributed by atoms with Gasteiger partial charge in [0.05, 0.1) is 19.6 Å². The van der Waals surface area contributed by atoms with Gasteiger partial charge in [-0.1, -0.05) is 12.1 Å². The van der Waals surface area contributed by atoms with E-state index in [4.69, 9.17) is 15.6 Å². The Morgan fingerprint density at radius 1 is 1.25 bits per heavy atom. The third kappa shape index (κ3) is 6.27. The van der Waals surface area contributed by atoms with Gasteiger partial charge in [0.15, 0.2) is 11.3 Å². The van der Waals surface area contributed by atoms with Crippen LogP contribution in [0.5, 0.6) is 5.75 Å². The monoisotopic (exact) mass is 449 g/mol.